The molecule has 7 nitrogen and oxygen atoms in total. The molecule has 0 fully saturated rings. The number of hydrogen-bond acceptors (Lipinski definition) is 4. The summed E-state index contributed by atoms with van der Waals surface area (Å²) in [5, 5.41) is 21.8. The molecule has 25 heavy (non-hydrogen) atoms. The molecular formula is C17H24N4O3S. The fourth-order valence-corrected chi connectivity index (χ4v) is 2.26. The van der Waals surface area contributed by atoms with E-state index in [0.29, 0.717) is 29.6 Å². The van der Waals surface area contributed by atoms with Crippen LogP contribution in [0.5, 0.6) is 0 Å². The molecule has 5 N–H and O–H groups in total. The highest BCUT2D eigenvalue weighted by atomic mass is 32.1. The molecule has 136 valence electrons. The first-order valence-electron chi connectivity index (χ1n) is 8.06. The minimum Gasteiger partial charge on any atom is -0.544 e. The molecule has 1 aromatic rings. The summed E-state index contributed by atoms with van der Waals surface area (Å²) in [5.41, 5.74) is 1.25. The van der Waals surface area contributed by atoms with E-state index in [2.05, 4.69) is 22.5 Å². The number of nitrogens with two attached hydrogens (primary N) is 1. The Kier molecular flexibility index (Phi) is 9.20. The van der Waals surface area contributed by atoms with Crippen LogP contribution in [0.15, 0.2) is 36.9 Å². The third-order valence-corrected chi connectivity index (χ3v) is 3.51. The molecule has 0 saturated heterocycles. The average molecular weight is 364 g/mol. The van der Waals surface area contributed by atoms with Gasteiger partial charge in [0.05, 0.1) is 18.9 Å². The van der Waals surface area contributed by atoms with E-state index in [1.165, 1.54) is 0 Å². The van der Waals surface area contributed by atoms with Gasteiger partial charge in [0.15, 0.2) is 5.11 Å². The Morgan fingerprint density at radius 3 is 2.64 bits per heavy atom. The largest absolute Gasteiger partial charge is 0.544 e. The molecular weight excluding hydrogens is 340 g/mol. The fourth-order valence-electron chi connectivity index (χ4n) is 2.06. The molecule has 0 aliphatic rings. The summed E-state index contributed by atoms with van der Waals surface area (Å²) in [7, 11) is 0. The Morgan fingerprint density at radius 1 is 1.36 bits per heavy atom. The Bertz CT molecular complexity index is 622. The number of carboxylic acids is 1. The van der Waals surface area contributed by atoms with E-state index >= 15 is 0 Å². The van der Waals surface area contributed by atoms with Crippen LogP contribution in [0.3, 0.4) is 0 Å². The second-order valence-electron chi connectivity index (χ2n) is 5.41. The van der Waals surface area contributed by atoms with Gasteiger partial charge in [0.25, 0.3) is 0 Å². The molecule has 0 saturated carbocycles. The summed E-state index contributed by atoms with van der Waals surface area (Å²) >= 11 is 5.13. The topological polar surface area (TPSA) is 110 Å². The summed E-state index contributed by atoms with van der Waals surface area (Å²) in [6.07, 6.45) is 2.35. The molecule has 0 aliphatic carbocycles. The molecule has 0 aromatic heterocycles. The number of quaternary nitrogens is 1. The summed E-state index contributed by atoms with van der Waals surface area (Å²) in [6, 6.07) is 6.10. The van der Waals surface area contributed by atoms with Crippen LogP contribution in [0.25, 0.3) is 0 Å². The first-order chi connectivity index (χ1) is 12.0. The number of nitrogens with one attached hydrogen (secondary N) is 3. The number of carboxylic acid groups (broad SMARTS) is 1. The molecule has 0 unspecified atom stereocenters. The molecule has 0 spiro atoms. The van der Waals surface area contributed by atoms with Crippen molar-refractivity contribution in [1.82, 2.24) is 5.32 Å². The van der Waals surface area contributed by atoms with Crippen molar-refractivity contribution >= 4 is 40.6 Å². The molecule has 8 heteroatoms. The zero-order chi connectivity index (χ0) is 18.7. The summed E-state index contributed by atoms with van der Waals surface area (Å²) in [5.74, 6) is -1.62. The summed E-state index contributed by atoms with van der Waals surface area (Å²) in [4.78, 5) is 23.2. The first-order valence-corrected chi connectivity index (χ1v) is 8.47. The Balaban J connectivity index is 2.61. The smallest absolute Gasteiger partial charge is 0.230 e. The number of hydrogen-bond donors (Lipinski definition) is 4. The minimum absolute atomic E-state index is 0.153. The van der Waals surface area contributed by atoms with Gasteiger partial charge in [0.1, 0.15) is 6.04 Å². The standard InChI is InChI=1S/C17H24N4O3S/c1-3-8-18-14(16(23)24)11-15(22)20-12-6-5-7-13(10-12)21-17(25)19-9-4-2/h4-7,10,14,18H,2-3,8-9,11H2,1H3,(H,20,22)(H,23,24)(H2,19,21,25)/t14-/m1/s1. The highest BCUT2D eigenvalue weighted by Gasteiger charge is 2.17. The second kappa shape index (κ2) is 11.2. The normalized spacial score (nSPS) is 11.2. The van der Waals surface area contributed by atoms with Gasteiger partial charge in [-0.2, -0.15) is 0 Å². The summed E-state index contributed by atoms with van der Waals surface area (Å²) < 4.78 is 0. The SMILES string of the molecule is C=CCNC(=S)Nc1cccc(NC(=O)C[C@@H]([NH2+]CCC)C(=O)[O-])c1. The number of thiocarbonyl (C=S) groups is 1. The van der Waals surface area contributed by atoms with Crippen molar-refractivity contribution in [3.63, 3.8) is 0 Å². The van der Waals surface area contributed by atoms with E-state index in [4.69, 9.17) is 12.2 Å². The van der Waals surface area contributed by atoms with E-state index in [0.717, 1.165) is 6.42 Å². The van der Waals surface area contributed by atoms with Crippen molar-refractivity contribution in [3.05, 3.63) is 36.9 Å². The predicted octanol–water partition coefficient (Wildman–Crippen LogP) is -0.420. The molecule has 1 aromatic carbocycles. The quantitative estimate of drug-likeness (QED) is 0.332. The third kappa shape index (κ3) is 8.27. The third-order valence-electron chi connectivity index (χ3n) is 3.26. The molecule has 0 heterocycles. The van der Waals surface area contributed by atoms with Crippen molar-refractivity contribution in [2.24, 2.45) is 0 Å². The molecule has 0 radical (unpaired) electrons. The zero-order valence-electron chi connectivity index (χ0n) is 14.2. The molecule has 1 rings (SSSR count). The van der Waals surface area contributed by atoms with Gasteiger partial charge in [-0.1, -0.05) is 19.1 Å². The minimum atomic E-state index is -1.24. The van der Waals surface area contributed by atoms with Crippen LogP contribution in [0.4, 0.5) is 11.4 Å². The van der Waals surface area contributed by atoms with Crippen LogP contribution >= 0.6 is 12.2 Å². The van der Waals surface area contributed by atoms with Crippen LogP contribution in [-0.4, -0.2) is 36.1 Å². The van der Waals surface area contributed by atoms with Gasteiger partial charge in [-0.05, 0) is 36.8 Å². The van der Waals surface area contributed by atoms with Crippen molar-refractivity contribution < 1.29 is 20.0 Å². The van der Waals surface area contributed by atoms with Gasteiger partial charge < -0.3 is 31.2 Å². The number of rotatable bonds is 10. The van der Waals surface area contributed by atoms with E-state index in [1.54, 1.807) is 35.7 Å². The molecule has 1 amide bonds. The lowest BCUT2D eigenvalue weighted by Gasteiger charge is -2.16. The number of carbonyl (C=O) groups excluding carboxylic acids is 2. The Labute approximate surface area is 152 Å². The predicted molar refractivity (Wildman–Crippen MR) is 100.0 cm³/mol. The first kappa shape index (κ1) is 20.6. The van der Waals surface area contributed by atoms with Gasteiger partial charge >= 0.3 is 0 Å². The maximum atomic E-state index is 12.1. The van der Waals surface area contributed by atoms with Crippen molar-refractivity contribution in [2.75, 3.05) is 23.7 Å². The van der Waals surface area contributed by atoms with Crippen LogP contribution < -0.4 is 26.4 Å². The van der Waals surface area contributed by atoms with E-state index in [1.807, 2.05) is 6.92 Å². The van der Waals surface area contributed by atoms with Crippen LogP contribution in [0, 0.1) is 0 Å². The molecule has 0 bridgehead atoms. The lowest BCUT2D eigenvalue weighted by Crippen LogP contribution is -2.93. The van der Waals surface area contributed by atoms with Gasteiger partial charge in [0, 0.05) is 17.9 Å². The zero-order valence-corrected chi connectivity index (χ0v) is 15.0. The molecule has 0 aliphatic heterocycles. The highest BCUT2D eigenvalue weighted by Crippen LogP contribution is 2.15. The average Bonchev–Trinajstić information content (AvgIpc) is 2.56. The number of amides is 1. The lowest BCUT2D eigenvalue weighted by molar-refractivity contribution is -0.682. The fraction of sp³-hybridized carbons (Fsp3) is 0.353. The van der Waals surface area contributed by atoms with E-state index < -0.39 is 12.0 Å². The van der Waals surface area contributed by atoms with Crippen molar-refractivity contribution in [3.8, 4) is 0 Å². The van der Waals surface area contributed by atoms with Crippen LogP contribution in [0.1, 0.15) is 19.8 Å². The molecule has 1 atom stereocenters. The van der Waals surface area contributed by atoms with Crippen LogP contribution in [-0.2, 0) is 9.59 Å². The number of benzene rings is 1. The number of aliphatic carboxylic acids is 1. The van der Waals surface area contributed by atoms with Gasteiger partial charge in [-0.3, -0.25) is 4.79 Å². The van der Waals surface area contributed by atoms with Gasteiger partial charge in [-0.25, -0.2) is 0 Å². The number of anilines is 2. The maximum Gasteiger partial charge on any atom is 0.230 e. The van der Waals surface area contributed by atoms with E-state index in [9.17, 15) is 14.7 Å². The van der Waals surface area contributed by atoms with Gasteiger partial charge in [0.2, 0.25) is 5.91 Å². The highest BCUT2D eigenvalue weighted by molar-refractivity contribution is 7.80. The van der Waals surface area contributed by atoms with Crippen molar-refractivity contribution in [2.45, 2.75) is 25.8 Å². The summed E-state index contributed by atoms with van der Waals surface area (Å²) in [6.45, 7) is 6.70. The second-order valence-corrected chi connectivity index (χ2v) is 5.81. The number of carbonyl (C=O) groups is 2. The van der Waals surface area contributed by atoms with E-state index in [-0.39, 0.29) is 12.3 Å². The van der Waals surface area contributed by atoms with Gasteiger partial charge in [-0.15, -0.1) is 6.58 Å². The monoisotopic (exact) mass is 364 g/mol. The maximum absolute atomic E-state index is 12.1. The Hall–Kier alpha value is -2.45. The van der Waals surface area contributed by atoms with Crippen LogP contribution in [0.2, 0.25) is 0 Å². The Morgan fingerprint density at radius 2 is 2.04 bits per heavy atom. The lowest BCUT2D eigenvalue weighted by atomic mass is 10.2. The van der Waals surface area contributed by atoms with Crippen molar-refractivity contribution in [1.29, 1.82) is 0 Å².